The molecule has 1 heterocycles. The molecule has 44 heavy (non-hydrogen) atoms. The van der Waals surface area contributed by atoms with Crippen LogP contribution in [-0.4, -0.2) is 25.2 Å². The summed E-state index contributed by atoms with van der Waals surface area (Å²) >= 11 is 0. The third-order valence-corrected chi connectivity index (χ3v) is 7.71. The van der Waals surface area contributed by atoms with E-state index in [1.807, 2.05) is 92.1 Å². The van der Waals surface area contributed by atoms with Crippen molar-refractivity contribution >= 4 is 45.2 Å². The highest BCUT2D eigenvalue weighted by molar-refractivity contribution is 6.02. The first-order chi connectivity index (χ1) is 21.3. The van der Waals surface area contributed by atoms with Crippen molar-refractivity contribution in [2.45, 2.75) is 27.2 Å². The smallest absolute Gasteiger partial charge is 0.410 e. The van der Waals surface area contributed by atoms with E-state index in [9.17, 15) is 4.79 Å². The molecule has 0 spiro atoms. The van der Waals surface area contributed by atoms with Gasteiger partial charge in [0.05, 0.1) is 0 Å². The minimum absolute atomic E-state index is 0.463. The average molecular weight is 583 g/mol. The van der Waals surface area contributed by atoms with E-state index in [0.29, 0.717) is 11.4 Å². The summed E-state index contributed by atoms with van der Waals surface area (Å²) in [6.07, 6.45) is 3.99. The van der Waals surface area contributed by atoms with Gasteiger partial charge in [0.15, 0.2) is 0 Å². The van der Waals surface area contributed by atoms with Gasteiger partial charge in [-0.25, -0.2) is 4.79 Å². The summed E-state index contributed by atoms with van der Waals surface area (Å²) < 4.78 is 5.74. The zero-order chi connectivity index (χ0) is 31.1. The number of hydrogen-bond acceptors (Lipinski definition) is 5. The van der Waals surface area contributed by atoms with Gasteiger partial charge in [0.1, 0.15) is 5.75 Å². The first-order valence-corrected chi connectivity index (χ1v) is 14.8. The van der Waals surface area contributed by atoms with E-state index in [-0.39, 0.29) is 0 Å². The quantitative estimate of drug-likeness (QED) is 0.181. The molecule has 6 heteroatoms. The fourth-order valence-corrected chi connectivity index (χ4v) is 5.10. The van der Waals surface area contributed by atoms with Crippen molar-refractivity contribution in [3.05, 3.63) is 138 Å². The van der Waals surface area contributed by atoms with E-state index < -0.39 is 6.09 Å². The zero-order valence-corrected chi connectivity index (χ0v) is 25.9. The van der Waals surface area contributed by atoms with Crippen molar-refractivity contribution in [2.24, 2.45) is 0 Å². The minimum atomic E-state index is -0.543. The number of fused-ring (bicyclic) bond motifs is 1. The number of anilines is 2. The van der Waals surface area contributed by atoms with E-state index >= 15 is 0 Å². The number of carbonyl (C=O) groups excluding carboxylic acids is 1. The largest absolute Gasteiger partial charge is 0.417 e. The molecule has 0 saturated heterocycles. The molecule has 6 nitrogen and oxygen atoms in total. The van der Waals surface area contributed by atoms with Gasteiger partial charge in [-0.3, -0.25) is 10.3 Å². The lowest BCUT2D eigenvalue weighted by atomic mass is 9.95. The Kier molecular flexibility index (Phi) is 9.40. The molecule has 1 aromatic heterocycles. The van der Waals surface area contributed by atoms with Crippen molar-refractivity contribution < 1.29 is 9.53 Å². The van der Waals surface area contributed by atoms with Gasteiger partial charge in [-0.2, -0.15) is 0 Å². The number of benzene rings is 4. The van der Waals surface area contributed by atoms with E-state index in [2.05, 4.69) is 78.9 Å². The molecule has 0 bridgehead atoms. The third kappa shape index (κ3) is 6.98. The monoisotopic (exact) mass is 582 g/mol. The summed E-state index contributed by atoms with van der Waals surface area (Å²) in [5.74, 6) is 0.463. The molecule has 0 fully saturated rings. The molecule has 0 aliphatic rings. The second-order valence-electron chi connectivity index (χ2n) is 10.9. The number of rotatable bonds is 9. The van der Waals surface area contributed by atoms with Gasteiger partial charge in [-0.15, -0.1) is 0 Å². The highest BCUT2D eigenvalue weighted by Gasteiger charge is 2.16. The summed E-state index contributed by atoms with van der Waals surface area (Å²) in [5.41, 5.74) is 9.28. The molecule has 5 aromatic rings. The lowest BCUT2D eigenvalue weighted by molar-refractivity contribution is 0.215. The van der Waals surface area contributed by atoms with Crippen LogP contribution in [0.2, 0.25) is 0 Å². The van der Waals surface area contributed by atoms with Crippen LogP contribution in [0.3, 0.4) is 0 Å². The molecule has 0 aliphatic carbocycles. The normalized spacial score (nSPS) is 12.2. The first-order valence-electron chi connectivity index (χ1n) is 14.8. The van der Waals surface area contributed by atoms with Crippen molar-refractivity contribution in [3.63, 3.8) is 0 Å². The van der Waals surface area contributed by atoms with Gasteiger partial charge >= 0.3 is 6.09 Å². The SMILES string of the molecule is CCC(C)=C(N/C(=C(\C)c1cccc2ccc(OC(=O)Nc3ccc(N(C)C)cc3)cc12)c1ccncc1)c1ccccc1. The Morgan fingerprint density at radius 1 is 0.795 bits per heavy atom. The van der Waals surface area contributed by atoms with Crippen LogP contribution in [0.5, 0.6) is 5.75 Å². The van der Waals surface area contributed by atoms with E-state index in [0.717, 1.165) is 56.5 Å². The molecule has 2 N–H and O–H groups in total. The molecule has 222 valence electrons. The summed E-state index contributed by atoms with van der Waals surface area (Å²) in [5, 5.41) is 8.67. The number of carbonyl (C=O) groups is 1. The molecule has 4 aromatic carbocycles. The predicted octanol–water partition coefficient (Wildman–Crippen LogP) is 9.23. The van der Waals surface area contributed by atoms with Gasteiger partial charge in [0.25, 0.3) is 0 Å². The molecule has 0 saturated carbocycles. The summed E-state index contributed by atoms with van der Waals surface area (Å²) in [6.45, 7) is 6.46. The number of nitrogens with one attached hydrogen (secondary N) is 2. The van der Waals surface area contributed by atoms with Crippen LogP contribution in [0.15, 0.2) is 121 Å². The van der Waals surface area contributed by atoms with Crippen molar-refractivity contribution in [3.8, 4) is 5.75 Å². The fraction of sp³-hybridized carbons (Fsp3) is 0.158. The second kappa shape index (κ2) is 13.7. The standard InChI is InChI=1S/C38H38N4O2/c1-6-26(2)36(29-11-8-7-9-12-29)41-37(30-21-23-39-24-22-30)27(3)34-14-10-13-28-15-20-33(25-35(28)34)44-38(43)40-31-16-18-32(19-17-31)42(4)5/h7-25,41H,6H2,1-5H3,(H,40,43)/b36-26?,37-27+. The number of ether oxygens (including phenoxy) is 1. The van der Waals surface area contributed by atoms with Gasteiger partial charge in [0.2, 0.25) is 0 Å². The topological polar surface area (TPSA) is 66.5 Å². The van der Waals surface area contributed by atoms with Crippen LogP contribution in [0, 0.1) is 0 Å². The highest BCUT2D eigenvalue weighted by Crippen LogP contribution is 2.34. The number of amides is 1. The van der Waals surface area contributed by atoms with Crippen molar-refractivity contribution in [1.82, 2.24) is 10.3 Å². The molecule has 0 atom stereocenters. The summed E-state index contributed by atoms with van der Waals surface area (Å²) in [6, 6.07) is 34.0. The maximum absolute atomic E-state index is 12.8. The van der Waals surface area contributed by atoms with Gasteiger partial charge < -0.3 is 15.0 Å². The minimum Gasteiger partial charge on any atom is -0.410 e. The maximum atomic E-state index is 12.8. The predicted molar refractivity (Wildman–Crippen MR) is 184 cm³/mol. The van der Waals surface area contributed by atoms with Crippen LogP contribution in [0.25, 0.3) is 27.7 Å². The number of nitrogens with zero attached hydrogens (tertiary/aromatic N) is 2. The number of allylic oxidation sites excluding steroid dienone is 2. The Bertz CT molecular complexity index is 1810. The van der Waals surface area contributed by atoms with Crippen LogP contribution in [0.1, 0.15) is 43.9 Å². The van der Waals surface area contributed by atoms with Crippen LogP contribution in [0.4, 0.5) is 16.2 Å². The Hall–Kier alpha value is -5.36. The summed E-state index contributed by atoms with van der Waals surface area (Å²) in [4.78, 5) is 19.1. The van der Waals surface area contributed by atoms with E-state index in [1.165, 1.54) is 5.57 Å². The number of pyridine rings is 1. The third-order valence-electron chi connectivity index (χ3n) is 7.71. The number of aromatic nitrogens is 1. The Balaban J connectivity index is 1.53. The molecular weight excluding hydrogens is 544 g/mol. The van der Waals surface area contributed by atoms with Crippen molar-refractivity contribution in [2.75, 3.05) is 24.3 Å². The molecule has 0 aliphatic heterocycles. The van der Waals surface area contributed by atoms with Crippen LogP contribution >= 0.6 is 0 Å². The summed E-state index contributed by atoms with van der Waals surface area (Å²) in [7, 11) is 3.95. The lowest BCUT2D eigenvalue weighted by Gasteiger charge is -2.21. The average Bonchev–Trinajstić information content (AvgIpc) is 3.05. The first kappa shape index (κ1) is 30.1. The Morgan fingerprint density at radius 2 is 1.50 bits per heavy atom. The number of hydrogen-bond donors (Lipinski definition) is 2. The van der Waals surface area contributed by atoms with Gasteiger partial charge in [-0.1, -0.05) is 61.5 Å². The fourth-order valence-electron chi connectivity index (χ4n) is 5.10. The van der Waals surface area contributed by atoms with E-state index in [1.54, 1.807) is 0 Å². The molecule has 1 amide bonds. The van der Waals surface area contributed by atoms with Crippen molar-refractivity contribution in [1.29, 1.82) is 0 Å². The van der Waals surface area contributed by atoms with Gasteiger partial charge in [-0.05, 0) is 102 Å². The van der Waals surface area contributed by atoms with Gasteiger partial charge in [0, 0.05) is 54.8 Å². The Labute approximate surface area is 259 Å². The Morgan fingerprint density at radius 3 is 2.18 bits per heavy atom. The molecule has 0 radical (unpaired) electrons. The maximum Gasteiger partial charge on any atom is 0.417 e. The molecule has 5 rings (SSSR count). The molecular formula is C38H38N4O2. The van der Waals surface area contributed by atoms with Crippen LogP contribution in [-0.2, 0) is 0 Å². The zero-order valence-electron chi connectivity index (χ0n) is 25.9. The van der Waals surface area contributed by atoms with E-state index in [4.69, 9.17) is 4.74 Å². The molecule has 0 unspecified atom stereocenters. The lowest BCUT2D eigenvalue weighted by Crippen LogP contribution is -2.17. The van der Waals surface area contributed by atoms with Crippen LogP contribution < -0.4 is 20.3 Å². The highest BCUT2D eigenvalue weighted by atomic mass is 16.6. The second-order valence-corrected chi connectivity index (χ2v) is 10.9.